The molecule has 10 rings (SSSR count). The first kappa shape index (κ1) is 42.7. The number of nitrogens with zero attached hydrogens (tertiary/aromatic N) is 3. The van der Waals surface area contributed by atoms with Crippen molar-refractivity contribution in [2.45, 2.75) is 0 Å². The maximum absolute atomic E-state index is 7.20. The van der Waals surface area contributed by atoms with Crippen LogP contribution in [0.25, 0.3) is 33.4 Å². The van der Waals surface area contributed by atoms with Crippen molar-refractivity contribution in [2.75, 3.05) is 0 Å². The summed E-state index contributed by atoms with van der Waals surface area (Å²) < 4.78 is 37.2. The molecule has 0 amide bonds. The first-order chi connectivity index (χ1) is 32.6. The minimum atomic E-state index is -3.88. The summed E-state index contributed by atoms with van der Waals surface area (Å²) in [6, 6.07) is 82.7. The molecule has 0 aromatic heterocycles. The molecule has 1 heterocycles. The van der Waals surface area contributed by atoms with Gasteiger partial charge in [0.05, 0.1) is 0 Å². The molecule has 324 valence electrons. The average molecular weight is 922 g/mol. The number of para-hydroxylation sites is 3. The Kier molecular flexibility index (Phi) is 13.1. The van der Waals surface area contributed by atoms with Gasteiger partial charge in [-0.25, -0.2) is 0 Å². The lowest BCUT2D eigenvalue weighted by Gasteiger charge is -2.43. The zero-order valence-electron chi connectivity index (χ0n) is 35.4. The number of hydrogen-bond donors (Lipinski definition) is 0. The summed E-state index contributed by atoms with van der Waals surface area (Å²) in [5.41, 5.74) is 6.35. The Morgan fingerprint density at radius 2 is 0.621 bits per heavy atom. The Hall–Kier alpha value is -7.21. The van der Waals surface area contributed by atoms with Crippen molar-refractivity contribution < 1.29 is 27.8 Å². The van der Waals surface area contributed by atoms with Gasteiger partial charge in [-0.3, -0.25) is 0 Å². The maximum Gasteiger partial charge on any atom is 0.447 e. The number of hydrogen-bond acceptors (Lipinski definition) is 9. The Bertz CT molecular complexity index is 2940. The van der Waals surface area contributed by atoms with Crippen molar-refractivity contribution in [2.24, 2.45) is 4.52 Å². The highest BCUT2D eigenvalue weighted by molar-refractivity contribution is 7.78. The highest BCUT2D eigenvalue weighted by atomic mass is 31.3. The molecule has 0 radical (unpaired) electrons. The summed E-state index contributed by atoms with van der Waals surface area (Å²) in [5, 5.41) is 0. The summed E-state index contributed by atoms with van der Waals surface area (Å²) in [5.74, 6) is 3.11. The summed E-state index contributed by atoms with van der Waals surface area (Å²) in [4.78, 5) is 14.0. The van der Waals surface area contributed by atoms with Gasteiger partial charge in [0.15, 0.2) is 0 Å². The third-order valence-electron chi connectivity index (χ3n) is 10.2. The molecule has 9 aromatic carbocycles. The molecule has 9 aromatic rings. The van der Waals surface area contributed by atoms with E-state index in [1.807, 2.05) is 218 Å². The van der Waals surface area contributed by atoms with Crippen LogP contribution >= 0.6 is 24.6 Å². The second-order valence-electron chi connectivity index (χ2n) is 14.7. The largest absolute Gasteiger partial charge is 0.447 e. The average Bonchev–Trinajstić information content (AvgIpc) is 3.38. The van der Waals surface area contributed by atoms with Crippen LogP contribution in [-0.2, 0) is 0 Å². The first-order valence-electron chi connectivity index (χ1n) is 21.2. The van der Waals surface area contributed by atoms with Gasteiger partial charge in [-0.15, -0.1) is 4.52 Å². The van der Waals surface area contributed by atoms with Crippen molar-refractivity contribution in [3.63, 3.8) is 0 Å². The van der Waals surface area contributed by atoms with E-state index in [1.165, 1.54) is 0 Å². The molecule has 0 N–H and O–H groups in total. The van der Waals surface area contributed by atoms with Crippen LogP contribution in [0.15, 0.2) is 259 Å². The topological polar surface area (TPSA) is 74.2 Å². The Balaban J connectivity index is 1.15. The van der Waals surface area contributed by atoms with E-state index in [1.54, 1.807) is 9.21 Å². The highest BCUT2D eigenvalue weighted by Gasteiger charge is 2.58. The molecular weight excluding hydrogens is 880 g/mol. The van der Waals surface area contributed by atoms with Gasteiger partial charge >= 0.3 is 24.6 Å². The third-order valence-corrected chi connectivity index (χ3v) is 17.0. The van der Waals surface area contributed by atoms with E-state index in [0.717, 1.165) is 33.4 Å². The second kappa shape index (κ2) is 20.3. The Morgan fingerprint density at radius 1 is 0.303 bits per heavy atom. The van der Waals surface area contributed by atoms with Crippen LogP contribution in [0.5, 0.6) is 34.5 Å². The second-order valence-corrected chi connectivity index (χ2v) is 20.3. The molecule has 9 nitrogen and oxygen atoms in total. The molecule has 1 aliphatic heterocycles. The van der Waals surface area contributed by atoms with Crippen LogP contribution in [0.1, 0.15) is 0 Å². The molecule has 12 heteroatoms. The van der Waals surface area contributed by atoms with Gasteiger partial charge in [0.25, 0.3) is 0 Å². The molecule has 0 spiro atoms. The van der Waals surface area contributed by atoms with E-state index in [0.29, 0.717) is 34.5 Å². The van der Waals surface area contributed by atoms with Crippen molar-refractivity contribution in [3.05, 3.63) is 255 Å². The summed E-state index contributed by atoms with van der Waals surface area (Å²) >= 11 is 0. The molecule has 0 bridgehead atoms. The smallest absolute Gasteiger partial charge is 0.440 e. The quantitative estimate of drug-likeness (QED) is 0.0942. The molecule has 0 aliphatic carbocycles. The SMILES string of the molecule is c1ccc(ON2P(Oc3ccc(-c4ccccc4)cc3)N(Oc3ccc(-c4ccccc4)cc3)P(Oc3ccc(-c4ccccc4)cc3)N=P2(Oc2ccccc2)Oc2ccccc2)cc1. The number of benzene rings is 9. The molecule has 0 saturated carbocycles. The van der Waals surface area contributed by atoms with Crippen LogP contribution in [0.4, 0.5) is 0 Å². The van der Waals surface area contributed by atoms with Crippen molar-refractivity contribution in [1.82, 2.24) is 9.21 Å². The fraction of sp³-hybridized carbons (Fsp3) is 0. The molecule has 0 saturated heterocycles. The fourth-order valence-corrected chi connectivity index (χ4v) is 14.4. The maximum atomic E-state index is 7.20. The standard InChI is InChI=1S/C54H42N3O6P3/c1-7-19-43(20-8-1)46-31-37-50(38-32-46)58-56-64(60-51-39-33-47(34-40-51)44-21-9-2-10-22-44)55-66(62-53-27-15-5-16-28-53,63-54-29-17-6-18-30-54)57(59-49-25-13-4-14-26-49)65(56)61-52-41-35-48(36-42-52)45-23-11-3-12-24-45/h1-42H. The zero-order chi connectivity index (χ0) is 44.4. The molecular formula is C54H42N3O6P3. The van der Waals surface area contributed by atoms with Crippen molar-refractivity contribution in [1.29, 1.82) is 0 Å². The Labute approximate surface area is 387 Å². The lowest BCUT2D eigenvalue weighted by atomic mass is 10.1. The molecule has 1 aliphatic rings. The van der Waals surface area contributed by atoms with E-state index in [2.05, 4.69) is 36.4 Å². The first-order valence-corrected chi connectivity index (χ1v) is 25.1. The van der Waals surface area contributed by atoms with Gasteiger partial charge < -0.3 is 27.8 Å². The van der Waals surface area contributed by atoms with Gasteiger partial charge in [0.1, 0.15) is 34.5 Å². The van der Waals surface area contributed by atoms with E-state index in [-0.39, 0.29) is 0 Å². The predicted molar refractivity (Wildman–Crippen MR) is 266 cm³/mol. The third kappa shape index (κ3) is 10.2. The fourth-order valence-electron chi connectivity index (χ4n) is 6.91. The monoisotopic (exact) mass is 921 g/mol. The lowest BCUT2D eigenvalue weighted by molar-refractivity contribution is 0.0546. The molecule has 66 heavy (non-hydrogen) atoms. The van der Waals surface area contributed by atoms with Gasteiger partial charge in [-0.2, -0.15) is 0 Å². The van der Waals surface area contributed by atoms with Gasteiger partial charge in [-0.05, 0) is 106 Å². The minimum absolute atomic E-state index is 0.497. The van der Waals surface area contributed by atoms with E-state index >= 15 is 0 Å². The van der Waals surface area contributed by atoms with Gasteiger partial charge in [-0.1, -0.05) is 182 Å². The van der Waals surface area contributed by atoms with Crippen molar-refractivity contribution in [3.8, 4) is 67.9 Å². The normalized spacial score (nSPS) is 15.7. The van der Waals surface area contributed by atoms with Gasteiger partial charge in [0.2, 0.25) is 0 Å². The van der Waals surface area contributed by atoms with Crippen LogP contribution in [0.2, 0.25) is 0 Å². The van der Waals surface area contributed by atoms with Crippen LogP contribution in [-0.4, -0.2) is 9.21 Å². The summed E-state index contributed by atoms with van der Waals surface area (Å²) in [6.07, 6.45) is 0. The molecule has 2 unspecified atom stereocenters. The van der Waals surface area contributed by atoms with E-state index in [9.17, 15) is 0 Å². The van der Waals surface area contributed by atoms with Crippen LogP contribution < -0.4 is 27.8 Å². The molecule has 2 atom stereocenters. The Morgan fingerprint density at radius 3 is 1.03 bits per heavy atom. The van der Waals surface area contributed by atoms with E-state index < -0.39 is 24.6 Å². The van der Waals surface area contributed by atoms with E-state index in [4.69, 9.17) is 32.3 Å². The van der Waals surface area contributed by atoms with Crippen LogP contribution in [0, 0.1) is 0 Å². The lowest BCUT2D eigenvalue weighted by Crippen LogP contribution is -2.37. The summed E-state index contributed by atoms with van der Waals surface area (Å²) in [6.45, 7) is 0. The highest BCUT2D eigenvalue weighted by Crippen LogP contribution is 2.77. The number of rotatable bonds is 15. The zero-order valence-corrected chi connectivity index (χ0v) is 38.1. The molecule has 0 fully saturated rings. The predicted octanol–water partition coefficient (Wildman–Crippen LogP) is 16.3. The minimum Gasteiger partial charge on any atom is -0.440 e. The van der Waals surface area contributed by atoms with Crippen molar-refractivity contribution >= 4 is 24.6 Å². The van der Waals surface area contributed by atoms with Gasteiger partial charge in [0, 0.05) is 9.21 Å². The van der Waals surface area contributed by atoms with Crippen LogP contribution in [0.3, 0.4) is 0 Å². The summed E-state index contributed by atoms with van der Waals surface area (Å²) in [7, 11) is -8.33.